The lowest BCUT2D eigenvalue weighted by Gasteiger charge is -2.27. The Balaban J connectivity index is 1.82. The van der Waals surface area contributed by atoms with Crippen LogP contribution in [0.5, 0.6) is 11.5 Å². The molecule has 4 rings (SSSR count). The molecule has 0 heterocycles. The second-order valence-corrected chi connectivity index (χ2v) is 6.54. The highest BCUT2D eigenvalue weighted by molar-refractivity contribution is 5.56. The topological polar surface area (TPSA) is 33.0 Å². The lowest BCUT2D eigenvalue weighted by molar-refractivity contribution is -0.216. The number of hydrogen-bond acceptors (Lipinski definition) is 2. The minimum Gasteiger partial charge on any atom is -0.457 e. The van der Waals surface area contributed by atoms with E-state index in [1.807, 2.05) is 0 Å². The molecule has 1 atom stereocenters. The van der Waals surface area contributed by atoms with Gasteiger partial charge in [0.25, 0.3) is 0 Å². The van der Waals surface area contributed by atoms with Crippen LogP contribution in [0.1, 0.15) is 41.0 Å². The van der Waals surface area contributed by atoms with Gasteiger partial charge in [-0.15, -0.1) is 0 Å². The highest BCUT2D eigenvalue weighted by Gasteiger charge is 2.69. The molecular formula is C19H12F5NO. The Labute approximate surface area is 145 Å². The molecule has 2 aliphatic carbocycles. The normalized spacial score (nSPS) is 21.8. The highest BCUT2D eigenvalue weighted by atomic mass is 19.3. The molecule has 2 nitrogen and oxygen atoms in total. The molecule has 0 amide bonds. The van der Waals surface area contributed by atoms with Crippen LogP contribution in [0.15, 0.2) is 30.3 Å². The van der Waals surface area contributed by atoms with Crippen molar-refractivity contribution in [1.82, 2.24) is 0 Å². The zero-order chi connectivity index (χ0) is 18.7. The average molecular weight is 365 g/mol. The molecule has 0 spiro atoms. The van der Waals surface area contributed by atoms with Crippen molar-refractivity contribution in [2.75, 3.05) is 0 Å². The van der Waals surface area contributed by atoms with Crippen LogP contribution in [0.4, 0.5) is 22.0 Å². The highest BCUT2D eigenvalue weighted by Crippen LogP contribution is 2.63. The van der Waals surface area contributed by atoms with Crippen molar-refractivity contribution in [3.8, 4) is 17.6 Å². The quantitative estimate of drug-likeness (QED) is 0.644. The summed E-state index contributed by atoms with van der Waals surface area (Å²) in [6, 6.07) is 7.32. The van der Waals surface area contributed by atoms with Crippen molar-refractivity contribution >= 4 is 0 Å². The monoisotopic (exact) mass is 365 g/mol. The van der Waals surface area contributed by atoms with E-state index in [1.54, 1.807) is 6.07 Å². The molecule has 0 saturated carbocycles. The van der Waals surface area contributed by atoms with Gasteiger partial charge in [0.05, 0.1) is 17.6 Å². The average Bonchev–Trinajstić information content (AvgIpc) is 2.75. The van der Waals surface area contributed by atoms with Crippen LogP contribution >= 0.6 is 0 Å². The van der Waals surface area contributed by atoms with E-state index < -0.39 is 29.1 Å². The van der Waals surface area contributed by atoms with E-state index in [0.29, 0.717) is 18.4 Å². The van der Waals surface area contributed by atoms with E-state index in [4.69, 9.17) is 10.00 Å². The van der Waals surface area contributed by atoms with Crippen molar-refractivity contribution in [2.24, 2.45) is 0 Å². The minimum atomic E-state index is -4.22. The number of hydrogen-bond donors (Lipinski definition) is 0. The van der Waals surface area contributed by atoms with E-state index in [2.05, 4.69) is 0 Å². The van der Waals surface area contributed by atoms with Gasteiger partial charge in [-0.1, -0.05) is 0 Å². The number of ether oxygens (including phenoxy) is 1. The molecule has 0 aromatic heterocycles. The van der Waals surface area contributed by atoms with E-state index >= 15 is 0 Å². The van der Waals surface area contributed by atoms with Gasteiger partial charge in [0, 0.05) is 11.6 Å². The van der Waals surface area contributed by atoms with Crippen LogP contribution in [0, 0.1) is 17.1 Å². The van der Waals surface area contributed by atoms with Crippen molar-refractivity contribution in [1.29, 1.82) is 5.26 Å². The summed E-state index contributed by atoms with van der Waals surface area (Å²) >= 11 is 0. The maximum Gasteiger partial charge on any atom is 0.336 e. The van der Waals surface area contributed by atoms with Gasteiger partial charge in [0.1, 0.15) is 17.3 Å². The molecule has 26 heavy (non-hydrogen) atoms. The first-order valence-electron chi connectivity index (χ1n) is 8.06. The SMILES string of the molecule is N#Cc1cc(F)cc(Oc2ccc3c4c2CCCC4C(F)(F)C3(F)F)c1. The van der Waals surface area contributed by atoms with Crippen molar-refractivity contribution in [3.63, 3.8) is 0 Å². The first-order valence-corrected chi connectivity index (χ1v) is 8.06. The largest absolute Gasteiger partial charge is 0.457 e. The van der Waals surface area contributed by atoms with E-state index in [9.17, 15) is 22.0 Å². The summed E-state index contributed by atoms with van der Waals surface area (Å²) in [6.07, 6.45) is 0.627. The minimum absolute atomic E-state index is 0.0105. The van der Waals surface area contributed by atoms with E-state index in [-0.39, 0.29) is 29.0 Å². The molecule has 0 radical (unpaired) electrons. The van der Waals surface area contributed by atoms with Gasteiger partial charge in [-0.25, -0.2) is 4.39 Å². The zero-order valence-electron chi connectivity index (χ0n) is 13.3. The predicted octanol–water partition coefficient (Wildman–Crippen LogP) is 5.65. The van der Waals surface area contributed by atoms with Crippen molar-refractivity contribution in [3.05, 3.63) is 58.4 Å². The van der Waals surface area contributed by atoms with Gasteiger partial charge >= 0.3 is 11.8 Å². The van der Waals surface area contributed by atoms with Gasteiger partial charge in [-0.05, 0) is 54.7 Å². The summed E-state index contributed by atoms with van der Waals surface area (Å²) < 4.78 is 76.0. The number of rotatable bonds is 2. The van der Waals surface area contributed by atoms with Crippen LogP contribution in [0.3, 0.4) is 0 Å². The smallest absolute Gasteiger partial charge is 0.336 e. The second-order valence-electron chi connectivity index (χ2n) is 6.54. The second kappa shape index (κ2) is 5.44. The van der Waals surface area contributed by atoms with Crippen LogP contribution in [-0.4, -0.2) is 5.92 Å². The van der Waals surface area contributed by atoms with Crippen molar-refractivity contribution < 1.29 is 26.7 Å². The van der Waals surface area contributed by atoms with Gasteiger partial charge in [-0.2, -0.15) is 22.8 Å². The van der Waals surface area contributed by atoms with Crippen LogP contribution in [-0.2, 0) is 12.3 Å². The van der Waals surface area contributed by atoms with Crippen LogP contribution in [0.25, 0.3) is 0 Å². The lowest BCUT2D eigenvalue weighted by Crippen LogP contribution is -2.37. The van der Waals surface area contributed by atoms with Crippen LogP contribution < -0.4 is 4.74 Å². The molecule has 2 aromatic rings. The number of alkyl halides is 4. The number of benzene rings is 2. The van der Waals surface area contributed by atoms with Gasteiger partial charge < -0.3 is 4.74 Å². The molecule has 134 valence electrons. The van der Waals surface area contributed by atoms with E-state index in [0.717, 1.165) is 18.2 Å². The van der Waals surface area contributed by atoms with Gasteiger partial charge in [0.2, 0.25) is 0 Å². The Kier molecular flexibility index (Phi) is 3.52. The third kappa shape index (κ3) is 2.21. The third-order valence-electron chi connectivity index (χ3n) is 5.00. The maximum absolute atomic E-state index is 14.2. The fraction of sp³-hybridized carbons (Fsp3) is 0.316. The molecule has 1 unspecified atom stereocenters. The molecule has 0 N–H and O–H groups in total. The Morgan fingerprint density at radius 2 is 1.88 bits per heavy atom. The molecule has 0 bridgehead atoms. The summed E-state index contributed by atoms with van der Waals surface area (Å²) in [5.74, 6) is -10.5. The van der Waals surface area contributed by atoms with Crippen LogP contribution in [0.2, 0.25) is 0 Å². The molecular weight excluding hydrogens is 353 g/mol. The summed E-state index contributed by atoms with van der Waals surface area (Å²) in [5.41, 5.74) is -0.378. The van der Waals surface area contributed by atoms with Crippen molar-refractivity contribution in [2.45, 2.75) is 37.0 Å². The Bertz CT molecular complexity index is 948. The summed E-state index contributed by atoms with van der Waals surface area (Å²) in [6.45, 7) is 0. The lowest BCUT2D eigenvalue weighted by atomic mass is 9.82. The fourth-order valence-electron chi connectivity index (χ4n) is 3.87. The first-order chi connectivity index (χ1) is 12.3. The predicted molar refractivity (Wildman–Crippen MR) is 82.2 cm³/mol. The number of halogens is 5. The first kappa shape index (κ1) is 16.8. The van der Waals surface area contributed by atoms with E-state index in [1.165, 1.54) is 12.1 Å². The molecule has 7 heteroatoms. The summed E-state index contributed by atoms with van der Waals surface area (Å²) in [7, 11) is 0. The molecule has 0 aliphatic heterocycles. The third-order valence-corrected chi connectivity index (χ3v) is 5.00. The Hall–Kier alpha value is -2.62. The fourth-order valence-corrected chi connectivity index (χ4v) is 3.87. The van der Waals surface area contributed by atoms with Gasteiger partial charge in [0.15, 0.2) is 0 Å². The maximum atomic E-state index is 14.2. The Morgan fingerprint density at radius 1 is 1.12 bits per heavy atom. The standard InChI is InChI=1S/C19H12F5NO/c20-11-6-10(9-25)7-12(8-11)26-16-5-4-15-17-13(16)2-1-3-14(17)18(21,22)19(15,23)24/h4-8,14H,1-3H2. The molecule has 2 aromatic carbocycles. The number of nitriles is 1. The van der Waals surface area contributed by atoms with Gasteiger partial charge in [-0.3, -0.25) is 0 Å². The summed E-state index contributed by atoms with van der Waals surface area (Å²) in [4.78, 5) is 0. The molecule has 0 saturated heterocycles. The molecule has 2 aliphatic rings. The summed E-state index contributed by atoms with van der Waals surface area (Å²) in [5, 5.41) is 8.90. The zero-order valence-corrected chi connectivity index (χ0v) is 13.3. The number of nitrogens with zero attached hydrogens (tertiary/aromatic N) is 1. The molecule has 0 fully saturated rings. The Morgan fingerprint density at radius 3 is 2.62 bits per heavy atom.